The lowest BCUT2D eigenvalue weighted by atomic mass is 10.1. The first-order valence-electron chi connectivity index (χ1n) is 5.48. The number of hydrazine groups is 1. The molecular weight excluding hydrogens is 318 g/mol. The number of nitrogens with two attached hydrogens (primary N) is 1. The van der Waals surface area contributed by atoms with Crippen molar-refractivity contribution in [3.8, 4) is 5.75 Å². The van der Waals surface area contributed by atoms with Crippen LogP contribution in [0, 0.1) is 16.0 Å². The van der Waals surface area contributed by atoms with Crippen molar-refractivity contribution < 1.29 is 14.5 Å². The smallest absolute Gasteiger partial charge is 0.275 e. The fourth-order valence-corrected chi connectivity index (χ4v) is 1.75. The molecule has 0 aromatic heterocycles. The van der Waals surface area contributed by atoms with E-state index < -0.39 is 16.9 Å². The van der Waals surface area contributed by atoms with Crippen LogP contribution in [0.4, 0.5) is 5.69 Å². The minimum absolute atomic E-state index is 0.117. The summed E-state index contributed by atoms with van der Waals surface area (Å²) in [6.07, 6.45) is -0.830. The number of nitrogens with zero attached hydrogens (tertiary/aromatic N) is 1. The molecule has 1 unspecified atom stereocenters. The van der Waals surface area contributed by atoms with Gasteiger partial charge in [0.15, 0.2) is 6.10 Å². The van der Waals surface area contributed by atoms with Gasteiger partial charge < -0.3 is 4.74 Å². The molecule has 0 aliphatic rings. The van der Waals surface area contributed by atoms with E-state index in [0.717, 1.165) is 0 Å². The molecule has 1 aromatic carbocycles. The van der Waals surface area contributed by atoms with Gasteiger partial charge >= 0.3 is 0 Å². The van der Waals surface area contributed by atoms with Crippen molar-refractivity contribution in [2.24, 2.45) is 11.8 Å². The third-order valence-electron chi connectivity index (χ3n) is 2.39. The largest absolute Gasteiger partial charge is 0.479 e. The van der Waals surface area contributed by atoms with Crippen LogP contribution in [-0.2, 0) is 4.79 Å². The van der Waals surface area contributed by atoms with Gasteiger partial charge in [0.25, 0.3) is 11.6 Å². The van der Waals surface area contributed by atoms with E-state index in [-0.39, 0.29) is 17.4 Å². The molecule has 19 heavy (non-hydrogen) atoms. The van der Waals surface area contributed by atoms with Gasteiger partial charge in [0.2, 0.25) is 0 Å². The number of carbonyl (C=O) groups excluding carboxylic acids is 1. The van der Waals surface area contributed by atoms with Gasteiger partial charge in [-0.05, 0) is 27.9 Å². The van der Waals surface area contributed by atoms with Gasteiger partial charge in [-0.2, -0.15) is 0 Å². The van der Waals surface area contributed by atoms with E-state index in [1.165, 1.54) is 18.2 Å². The van der Waals surface area contributed by atoms with E-state index in [2.05, 4.69) is 15.9 Å². The van der Waals surface area contributed by atoms with Crippen molar-refractivity contribution in [1.29, 1.82) is 0 Å². The molecule has 0 spiro atoms. The Bertz CT molecular complexity index is 493. The highest BCUT2D eigenvalue weighted by molar-refractivity contribution is 9.10. The number of amides is 1. The summed E-state index contributed by atoms with van der Waals surface area (Å²) in [6.45, 7) is 3.57. The zero-order valence-electron chi connectivity index (χ0n) is 10.4. The summed E-state index contributed by atoms with van der Waals surface area (Å²) in [5, 5.41) is 10.7. The van der Waals surface area contributed by atoms with Crippen LogP contribution in [0.2, 0.25) is 0 Å². The molecule has 1 atom stereocenters. The Morgan fingerprint density at radius 3 is 2.63 bits per heavy atom. The van der Waals surface area contributed by atoms with E-state index >= 15 is 0 Å². The van der Waals surface area contributed by atoms with Crippen molar-refractivity contribution in [1.82, 2.24) is 5.43 Å². The maximum absolute atomic E-state index is 11.6. The fourth-order valence-electron chi connectivity index (χ4n) is 1.41. The molecule has 1 rings (SSSR count). The molecule has 0 aliphatic carbocycles. The van der Waals surface area contributed by atoms with Crippen LogP contribution in [0.15, 0.2) is 22.7 Å². The van der Waals surface area contributed by atoms with Gasteiger partial charge in [-0.3, -0.25) is 20.3 Å². The Morgan fingerprint density at radius 2 is 2.16 bits per heavy atom. The number of hydrogen-bond donors (Lipinski definition) is 2. The molecule has 0 saturated heterocycles. The molecule has 0 radical (unpaired) electrons. The number of nitro benzene ring substituents is 1. The lowest BCUT2D eigenvalue weighted by Crippen LogP contribution is -2.44. The molecule has 1 aromatic rings. The summed E-state index contributed by atoms with van der Waals surface area (Å²) in [7, 11) is 0. The molecule has 104 valence electrons. The Balaban J connectivity index is 3.05. The standard InChI is InChI=1S/C11H14BrN3O4/c1-6(2)10(11(16)14-13)19-9-5-7(15(17)18)3-4-8(9)12/h3-6,10H,13H2,1-2H3,(H,14,16). The minimum Gasteiger partial charge on any atom is -0.479 e. The Labute approximate surface area is 118 Å². The molecule has 8 heteroatoms. The van der Waals surface area contributed by atoms with E-state index in [4.69, 9.17) is 10.6 Å². The average molecular weight is 332 g/mol. The topological polar surface area (TPSA) is 107 Å². The second-order valence-corrected chi connectivity index (χ2v) is 5.02. The summed E-state index contributed by atoms with van der Waals surface area (Å²) in [4.78, 5) is 21.8. The quantitative estimate of drug-likeness (QED) is 0.370. The predicted molar refractivity (Wildman–Crippen MR) is 72.4 cm³/mol. The highest BCUT2D eigenvalue weighted by Crippen LogP contribution is 2.30. The number of benzene rings is 1. The van der Waals surface area contributed by atoms with E-state index in [0.29, 0.717) is 4.47 Å². The monoisotopic (exact) mass is 331 g/mol. The van der Waals surface area contributed by atoms with Gasteiger partial charge in [0.1, 0.15) is 5.75 Å². The van der Waals surface area contributed by atoms with Crippen LogP contribution in [0.1, 0.15) is 13.8 Å². The van der Waals surface area contributed by atoms with Gasteiger partial charge in [0.05, 0.1) is 15.5 Å². The van der Waals surface area contributed by atoms with Crippen LogP contribution < -0.4 is 16.0 Å². The van der Waals surface area contributed by atoms with Crippen LogP contribution >= 0.6 is 15.9 Å². The van der Waals surface area contributed by atoms with Crippen molar-refractivity contribution in [3.05, 3.63) is 32.8 Å². The summed E-state index contributed by atoms with van der Waals surface area (Å²) in [5.74, 6) is 4.66. The van der Waals surface area contributed by atoms with Crippen molar-refractivity contribution >= 4 is 27.5 Å². The predicted octanol–water partition coefficient (Wildman–Crippen LogP) is 1.75. The average Bonchev–Trinajstić information content (AvgIpc) is 2.36. The van der Waals surface area contributed by atoms with E-state index in [9.17, 15) is 14.9 Å². The first kappa shape index (κ1) is 15.4. The molecule has 0 fully saturated rings. The molecular formula is C11H14BrN3O4. The molecule has 0 bridgehead atoms. The number of nitrogens with one attached hydrogen (secondary N) is 1. The van der Waals surface area contributed by atoms with Crippen molar-refractivity contribution in [2.45, 2.75) is 20.0 Å². The maximum atomic E-state index is 11.6. The number of hydrogen-bond acceptors (Lipinski definition) is 5. The Morgan fingerprint density at radius 1 is 1.53 bits per heavy atom. The van der Waals surface area contributed by atoms with Gasteiger partial charge in [-0.25, -0.2) is 5.84 Å². The molecule has 1 amide bonds. The zero-order chi connectivity index (χ0) is 14.6. The molecule has 0 aliphatic heterocycles. The number of rotatable bonds is 5. The second-order valence-electron chi connectivity index (χ2n) is 4.16. The lowest BCUT2D eigenvalue weighted by molar-refractivity contribution is -0.385. The summed E-state index contributed by atoms with van der Waals surface area (Å²) < 4.78 is 6.03. The molecule has 0 heterocycles. The molecule has 0 saturated carbocycles. The first-order valence-corrected chi connectivity index (χ1v) is 6.27. The molecule has 7 nitrogen and oxygen atoms in total. The minimum atomic E-state index is -0.830. The van der Waals surface area contributed by atoms with Crippen LogP contribution in [-0.4, -0.2) is 16.9 Å². The fraction of sp³-hybridized carbons (Fsp3) is 0.364. The number of halogens is 1. The summed E-state index contributed by atoms with van der Waals surface area (Å²) in [6, 6.07) is 4.08. The van der Waals surface area contributed by atoms with Gasteiger partial charge in [0, 0.05) is 6.07 Å². The number of carbonyl (C=O) groups is 1. The van der Waals surface area contributed by atoms with Gasteiger partial charge in [-0.1, -0.05) is 13.8 Å². The third-order valence-corrected chi connectivity index (χ3v) is 3.04. The third kappa shape index (κ3) is 3.90. The van der Waals surface area contributed by atoms with Crippen molar-refractivity contribution in [3.63, 3.8) is 0 Å². The second kappa shape index (κ2) is 6.48. The number of ether oxygens (including phenoxy) is 1. The summed E-state index contributed by atoms with van der Waals surface area (Å²) >= 11 is 3.22. The SMILES string of the molecule is CC(C)C(Oc1cc([N+](=O)[O-])ccc1Br)C(=O)NN. The number of non-ortho nitro benzene ring substituents is 1. The highest BCUT2D eigenvalue weighted by atomic mass is 79.9. The molecule has 3 N–H and O–H groups in total. The van der Waals surface area contributed by atoms with Gasteiger partial charge in [-0.15, -0.1) is 0 Å². The highest BCUT2D eigenvalue weighted by Gasteiger charge is 2.25. The van der Waals surface area contributed by atoms with Crippen LogP contribution in [0.25, 0.3) is 0 Å². The maximum Gasteiger partial charge on any atom is 0.275 e. The first-order chi connectivity index (χ1) is 8.86. The lowest BCUT2D eigenvalue weighted by Gasteiger charge is -2.21. The Hall–Kier alpha value is -1.67. The Kier molecular flexibility index (Phi) is 5.25. The van der Waals surface area contributed by atoms with Crippen molar-refractivity contribution in [2.75, 3.05) is 0 Å². The van der Waals surface area contributed by atoms with Crippen LogP contribution in [0.5, 0.6) is 5.75 Å². The van der Waals surface area contributed by atoms with Crippen LogP contribution in [0.3, 0.4) is 0 Å². The summed E-state index contributed by atoms with van der Waals surface area (Å²) in [5.41, 5.74) is 1.89. The van der Waals surface area contributed by atoms with E-state index in [1.807, 2.05) is 5.43 Å². The number of nitro groups is 1. The normalized spacial score (nSPS) is 12.1. The zero-order valence-corrected chi connectivity index (χ0v) is 12.0. The van der Waals surface area contributed by atoms with E-state index in [1.54, 1.807) is 13.8 Å².